The third kappa shape index (κ3) is 6.30. The highest BCUT2D eigenvalue weighted by Gasteiger charge is 2.04. The number of hydrogen-bond donors (Lipinski definition) is 1. The second kappa shape index (κ2) is 10.2. The van der Waals surface area contributed by atoms with Crippen LogP contribution in [-0.4, -0.2) is 11.4 Å². The minimum Gasteiger partial charge on any atom is -0.456 e. The molecule has 0 aliphatic heterocycles. The summed E-state index contributed by atoms with van der Waals surface area (Å²) in [5, 5.41) is 9.47. The summed E-state index contributed by atoms with van der Waals surface area (Å²) in [7, 11) is 0. The zero-order valence-electron chi connectivity index (χ0n) is 14.8. The van der Waals surface area contributed by atoms with E-state index in [0.717, 1.165) is 11.3 Å². The molecule has 0 unspecified atom stereocenters. The van der Waals surface area contributed by atoms with Crippen molar-refractivity contribution in [2.75, 3.05) is 0 Å². The topological polar surface area (TPSA) is 60.0 Å². The molecule has 3 aromatic carbocycles. The maximum atomic E-state index is 6.11. The Hall–Kier alpha value is -2.47. The fraction of sp³-hybridized carbons (Fsp3) is 0.0476. The van der Waals surface area contributed by atoms with E-state index in [4.69, 9.17) is 33.7 Å². The van der Waals surface area contributed by atoms with Crippen LogP contribution in [0.4, 0.5) is 0 Å². The average molecular weight is 430 g/mol. The third-order valence-corrected chi connectivity index (χ3v) is 4.98. The first-order valence-corrected chi connectivity index (χ1v) is 10.1. The molecule has 0 atom stereocenters. The Labute approximate surface area is 178 Å². The predicted molar refractivity (Wildman–Crippen MR) is 120 cm³/mol. The van der Waals surface area contributed by atoms with E-state index in [1.807, 2.05) is 54.6 Å². The van der Waals surface area contributed by atoms with Gasteiger partial charge in [-0.1, -0.05) is 65.3 Å². The largest absolute Gasteiger partial charge is 0.456 e. The smallest absolute Gasteiger partial charge is 0.180 e. The fourth-order valence-electron chi connectivity index (χ4n) is 2.22. The fourth-order valence-corrected chi connectivity index (χ4v) is 3.28. The van der Waals surface area contributed by atoms with Gasteiger partial charge in [-0.05, 0) is 53.6 Å². The van der Waals surface area contributed by atoms with Crippen LogP contribution in [0.15, 0.2) is 83.0 Å². The molecule has 0 saturated heterocycles. The Bertz CT molecular complexity index is 977. The molecule has 0 aliphatic rings. The molecule has 7 heteroatoms. The minimum absolute atomic E-state index is 0.414. The highest BCUT2D eigenvalue weighted by atomic mass is 35.5. The van der Waals surface area contributed by atoms with Gasteiger partial charge in [-0.3, -0.25) is 0 Å². The van der Waals surface area contributed by atoms with E-state index in [9.17, 15) is 0 Å². The summed E-state index contributed by atoms with van der Waals surface area (Å²) in [6.45, 7) is 0. The number of rotatable bonds is 6. The van der Waals surface area contributed by atoms with Crippen molar-refractivity contribution in [3.8, 4) is 11.5 Å². The molecule has 0 radical (unpaired) electrons. The SMILES string of the molecule is NC(=NN=Cc1ccc(Oc2ccc(Cl)cc2Cl)cc1)SCc1ccccc1. The van der Waals surface area contributed by atoms with Gasteiger partial charge in [-0.25, -0.2) is 0 Å². The van der Waals surface area contributed by atoms with Gasteiger partial charge in [0.15, 0.2) is 5.17 Å². The maximum absolute atomic E-state index is 6.11. The maximum Gasteiger partial charge on any atom is 0.180 e. The zero-order chi connectivity index (χ0) is 19.8. The lowest BCUT2D eigenvalue weighted by Gasteiger charge is -2.07. The number of halogens is 2. The van der Waals surface area contributed by atoms with Crippen molar-refractivity contribution >= 4 is 46.3 Å². The van der Waals surface area contributed by atoms with Gasteiger partial charge in [0.05, 0.1) is 11.2 Å². The number of nitrogens with zero attached hydrogens (tertiary/aromatic N) is 2. The first kappa shape index (κ1) is 20.3. The number of nitrogens with two attached hydrogens (primary N) is 1. The monoisotopic (exact) mass is 429 g/mol. The Morgan fingerprint density at radius 3 is 2.46 bits per heavy atom. The van der Waals surface area contributed by atoms with Crippen molar-refractivity contribution < 1.29 is 4.74 Å². The Morgan fingerprint density at radius 1 is 1.00 bits per heavy atom. The highest BCUT2D eigenvalue weighted by Crippen LogP contribution is 2.31. The molecule has 0 aliphatic carbocycles. The van der Waals surface area contributed by atoms with Crippen LogP contribution in [0.5, 0.6) is 11.5 Å². The van der Waals surface area contributed by atoms with Gasteiger partial charge in [0.1, 0.15) is 11.5 Å². The molecule has 2 N–H and O–H groups in total. The molecule has 0 aromatic heterocycles. The van der Waals surface area contributed by atoms with E-state index in [1.54, 1.807) is 24.4 Å². The third-order valence-electron chi connectivity index (χ3n) is 3.59. The van der Waals surface area contributed by atoms with Crippen LogP contribution in [0.3, 0.4) is 0 Å². The summed E-state index contributed by atoms with van der Waals surface area (Å²) in [6.07, 6.45) is 1.63. The molecule has 0 heterocycles. The summed E-state index contributed by atoms with van der Waals surface area (Å²) in [5.41, 5.74) is 7.94. The van der Waals surface area contributed by atoms with Crippen LogP contribution in [0, 0.1) is 0 Å². The second-order valence-corrected chi connectivity index (χ2v) is 7.54. The Morgan fingerprint density at radius 2 is 1.75 bits per heavy atom. The molecule has 0 bridgehead atoms. The molecule has 3 aromatic rings. The van der Waals surface area contributed by atoms with Crippen LogP contribution in [0.2, 0.25) is 10.0 Å². The zero-order valence-corrected chi connectivity index (χ0v) is 17.1. The molecular weight excluding hydrogens is 413 g/mol. The van der Waals surface area contributed by atoms with Gasteiger partial charge < -0.3 is 10.5 Å². The molecule has 0 fully saturated rings. The molecule has 4 nitrogen and oxygen atoms in total. The van der Waals surface area contributed by atoms with Gasteiger partial charge in [0, 0.05) is 10.8 Å². The van der Waals surface area contributed by atoms with E-state index in [2.05, 4.69) is 10.2 Å². The molecule has 28 heavy (non-hydrogen) atoms. The van der Waals surface area contributed by atoms with Crippen molar-refractivity contribution in [2.24, 2.45) is 15.9 Å². The van der Waals surface area contributed by atoms with Crippen molar-refractivity contribution in [2.45, 2.75) is 5.75 Å². The second-order valence-electron chi connectivity index (χ2n) is 5.70. The average Bonchev–Trinajstić information content (AvgIpc) is 2.70. The van der Waals surface area contributed by atoms with Crippen molar-refractivity contribution in [1.29, 1.82) is 0 Å². The van der Waals surface area contributed by atoms with Crippen LogP contribution < -0.4 is 10.5 Å². The minimum atomic E-state index is 0.414. The van der Waals surface area contributed by atoms with E-state index >= 15 is 0 Å². The molecule has 0 spiro atoms. The van der Waals surface area contributed by atoms with Gasteiger partial charge in [0.2, 0.25) is 0 Å². The van der Waals surface area contributed by atoms with Gasteiger partial charge >= 0.3 is 0 Å². The van der Waals surface area contributed by atoms with Gasteiger partial charge in [-0.15, -0.1) is 5.10 Å². The lowest BCUT2D eigenvalue weighted by molar-refractivity contribution is 0.483. The van der Waals surface area contributed by atoms with Crippen molar-refractivity contribution in [1.82, 2.24) is 0 Å². The standard InChI is InChI=1S/C21H17Cl2N3OS/c22-17-8-11-20(19(23)12-17)27-18-9-6-15(7-10-18)13-25-26-21(24)28-14-16-4-2-1-3-5-16/h1-13H,14H2,(H2,24,26). The number of thioether (sulfide) groups is 1. The van der Waals surface area contributed by atoms with E-state index < -0.39 is 0 Å². The summed E-state index contributed by atoms with van der Waals surface area (Å²) < 4.78 is 5.75. The lowest BCUT2D eigenvalue weighted by Crippen LogP contribution is -2.05. The summed E-state index contributed by atoms with van der Waals surface area (Å²) in [5.74, 6) is 1.95. The van der Waals surface area contributed by atoms with Gasteiger partial charge in [0.25, 0.3) is 0 Å². The summed E-state index contributed by atoms with van der Waals surface area (Å²) in [6, 6.07) is 22.5. The van der Waals surface area contributed by atoms with Crippen LogP contribution in [0.25, 0.3) is 0 Å². The van der Waals surface area contributed by atoms with Crippen molar-refractivity contribution in [3.05, 3.63) is 94.0 Å². The first-order valence-electron chi connectivity index (χ1n) is 8.36. The number of hydrogen-bond acceptors (Lipinski definition) is 4. The molecular formula is C21H17Cl2N3OS. The van der Waals surface area contributed by atoms with Crippen LogP contribution in [0.1, 0.15) is 11.1 Å². The summed E-state index contributed by atoms with van der Waals surface area (Å²) in [4.78, 5) is 0. The van der Waals surface area contributed by atoms with Crippen LogP contribution in [-0.2, 0) is 5.75 Å². The molecule has 0 amide bonds. The number of ether oxygens (including phenoxy) is 1. The molecule has 3 rings (SSSR count). The van der Waals surface area contributed by atoms with E-state index in [1.165, 1.54) is 17.3 Å². The normalized spacial score (nSPS) is 11.7. The van der Waals surface area contributed by atoms with Gasteiger partial charge in [-0.2, -0.15) is 5.10 Å². The Balaban J connectivity index is 1.54. The van der Waals surface area contributed by atoms with E-state index in [-0.39, 0.29) is 0 Å². The molecule has 0 saturated carbocycles. The number of benzene rings is 3. The lowest BCUT2D eigenvalue weighted by atomic mass is 10.2. The quantitative estimate of drug-likeness (QED) is 0.281. The molecule has 142 valence electrons. The highest BCUT2D eigenvalue weighted by molar-refractivity contribution is 8.13. The Kier molecular flexibility index (Phi) is 7.37. The predicted octanol–water partition coefficient (Wildman–Crippen LogP) is 6.37. The summed E-state index contributed by atoms with van der Waals surface area (Å²) >= 11 is 13.4. The first-order chi connectivity index (χ1) is 13.6. The van der Waals surface area contributed by atoms with Crippen molar-refractivity contribution in [3.63, 3.8) is 0 Å². The number of amidine groups is 1. The van der Waals surface area contributed by atoms with E-state index in [0.29, 0.717) is 26.7 Å². The van der Waals surface area contributed by atoms with Crippen LogP contribution >= 0.6 is 35.0 Å².